The number of rotatable bonds is 2. The second kappa shape index (κ2) is 7.58. The number of nitrogens with one attached hydrogen (secondary N) is 1. The number of aromatic amines is 1. The van der Waals surface area contributed by atoms with E-state index in [1.54, 1.807) is 18.5 Å². The van der Waals surface area contributed by atoms with Crippen LogP contribution >= 0.6 is 11.8 Å². The van der Waals surface area contributed by atoms with Crippen LogP contribution in [0.1, 0.15) is 39.1 Å². The van der Waals surface area contributed by atoms with Gasteiger partial charge < -0.3 is 14.8 Å². The van der Waals surface area contributed by atoms with E-state index in [4.69, 9.17) is 0 Å². The van der Waals surface area contributed by atoms with Crippen LogP contribution in [-0.2, 0) is 6.42 Å². The lowest BCUT2D eigenvalue weighted by Crippen LogP contribution is -2.37. The van der Waals surface area contributed by atoms with Gasteiger partial charge in [-0.15, -0.1) is 11.8 Å². The Balaban J connectivity index is 1.44. The first-order valence-electron chi connectivity index (χ1n) is 9.19. The topological polar surface area (TPSA) is 56.4 Å². The van der Waals surface area contributed by atoms with Crippen LogP contribution in [0.15, 0.2) is 41.6 Å². The van der Waals surface area contributed by atoms with Gasteiger partial charge in [0.25, 0.3) is 11.8 Å². The standard InChI is InChI=1S/C20H23N3O2S/c24-19(16-4-5-18-15(13-16)3-1-12-26-18)22-8-2-9-23(11-10-22)20(25)17-6-7-21-14-17/h4-7,13-14,21H,1-3,8-12H2. The van der Waals surface area contributed by atoms with Gasteiger partial charge in [-0.05, 0) is 54.8 Å². The zero-order chi connectivity index (χ0) is 17.9. The van der Waals surface area contributed by atoms with Gasteiger partial charge >= 0.3 is 0 Å². The monoisotopic (exact) mass is 369 g/mol. The molecule has 1 N–H and O–H groups in total. The maximum absolute atomic E-state index is 13.0. The number of thioether (sulfide) groups is 1. The molecule has 3 heterocycles. The molecule has 136 valence electrons. The third kappa shape index (κ3) is 3.51. The molecule has 1 fully saturated rings. The van der Waals surface area contributed by atoms with Crippen LogP contribution in [0.2, 0.25) is 0 Å². The van der Waals surface area contributed by atoms with Gasteiger partial charge in [-0.3, -0.25) is 9.59 Å². The lowest BCUT2D eigenvalue weighted by atomic mass is 10.1. The van der Waals surface area contributed by atoms with Crippen LogP contribution in [0, 0.1) is 0 Å². The number of hydrogen-bond acceptors (Lipinski definition) is 3. The maximum Gasteiger partial charge on any atom is 0.255 e. The molecule has 0 atom stereocenters. The number of nitrogens with zero attached hydrogens (tertiary/aromatic N) is 2. The van der Waals surface area contributed by atoms with Crippen LogP contribution in [-0.4, -0.2) is 58.5 Å². The largest absolute Gasteiger partial charge is 0.367 e. The maximum atomic E-state index is 13.0. The fraction of sp³-hybridized carbons (Fsp3) is 0.400. The van der Waals surface area contributed by atoms with E-state index < -0.39 is 0 Å². The predicted octanol–water partition coefficient (Wildman–Crippen LogP) is 3.04. The summed E-state index contributed by atoms with van der Waals surface area (Å²) in [6.07, 6.45) is 6.52. The minimum Gasteiger partial charge on any atom is -0.367 e. The van der Waals surface area contributed by atoms with E-state index in [9.17, 15) is 9.59 Å². The summed E-state index contributed by atoms with van der Waals surface area (Å²) in [6, 6.07) is 7.90. The van der Waals surface area contributed by atoms with Crippen molar-refractivity contribution >= 4 is 23.6 Å². The quantitative estimate of drug-likeness (QED) is 0.885. The summed E-state index contributed by atoms with van der Waals surface area (Å²) in [4.78, 5) is 33.5. The minimum absolute atomic E-state index is 0.0337. The molecule has 0 unspecified atom stereocenters. The molecule has 0 aliphatic carbocycles. The van der Waals surface area contributed by atoms with E-state index in [-0.39, 0.29) is 11.8 Å². The molecule has 1 aromatic carbocycles. The number of carbonyl (C=O) groups excluding carboxylic acids is 2. The fourth-order valence-corrected chi connectivity index (χ4v) is 4.66. The smallest absolute Gasteiger partial charge is 0.255 e. The molecule has 26 heavy (non-hydrogen) atoms. The van der Waals surface area contributed by atoms with E-state index in [2.05, 4.69) is 17.1 Å². The second-order valence-corrected chi connectivity index (χ2v) is 7.95. The van der Waals surface area contributed by atoms with E-state index in [0.717, 1.165) is 24.2 Å². The van der Waals surface area contributed by atoms with E-state index in [1.165, 1.54) is 16.9 Å². The molecule has 1 saturated heterocycles. The first-order chi connectivity index (χ1) is 12.7. The van der Waals surface area contributed by atoms with Gasteiger partial charge in [-0.25, -0.2) is 0 Å². The molecule has 0 radical (unpaired) electrons. The molecule has 2 aromatic rings. The molecular weight excluding hydrogens is 346 g/mol. The van der Waals surface area contributed by atoms with Crippen molar-refractivity contribution < 1.29 is 9.59 Å². The number of carbonyl (C=O) groups is 2. The Bertz CT molecular complexity index is 803. The zero-order valence-electron chi connectivity index (χ0n) is 14.7. The van der Waals surface area contributed by atoms with Gasteiger partial charge in [-0.1, -0.05) is 0 Å². The van der Waals surface area contributed by atoms with Gasteiger partial charge in [0, 0.05) is 49.0 Å². The first kappa shape index (κ1) is 17.2. The fourth-order valence-electron chi connectivity index (χ4n) is 3.64. The summed E-state index contributed by atoms with van der Waals surface area (Å²) in [5, 5.41) is 0. The van der Waals surface area contributed by atoms with Crippen molar-refractivity contribution in [2.24, 2.45) is 0 Å². The Morgan fingerprint density at radius 1 is 0.923 bits per heavy atom. The van der Waals surface area contributed by atoms with E-state index in [1.807, 2.05) is 27.6 Å². The molecule has 6 heteroatoms. The summed E-state index contributed by atoms with van der Waals surface area (Å²) >= 11 is 1.88. The summed E-state index contributed by atoms with van der Waals surface area (Å²) in [7, 11) is 0. The van der Waals surface area contributed by atoms with Crippen molar-refractivity contribution in [1.82, 2.24) is 14.8 Å². The Kier molecular flexibility index (Phi) is 5.02. The molecule has 2 aliphatic heterocycles. The number of benzene rings is 1. The SMILES string of the molecule is O=C(c1cc[nH]c1)N1CCCN(C(=O)c2ccc3c(c2)CCCS3)CC1. The van der Waals surface area contributed by atoms with E-state index >= 15 is 0 Å². The second-order valence-electron chi connectivity index (χ2n) is 6.81. The molecule has 5 nitrogen and oxygen atoms in total. The molecular formula is C20H23N3O2S. The summed E-state index contributed by atoms with van der Waals surface area (Å²) in [6.45, 7) is 2.55. The van der Waals surface area contributed by atoms with Gasteiger partial charge in [0.15, 0.2) is 0 Å². The highest BCUT2D eigenvalue weighted by Gasteiger charge is 2.24. The van der Waals surface area contributed by atoms with Crippen molar-refractivity contribution in [2.45, 2.75) is 24.2 Å². The number of amides is 2. The van der Waals surface area contributed by atoms with Crippen LogP contribution in [0.4, 0.5) is 0 Å². The van der Waals surface area contributed by atoms with Crippen LogP contribution in [0.3, 0.4) is 0 Å². The molecule has 0 spiro atoms. The Hall–Kier alpha value is -2.21. The Morgan fingerprint density at radius 2 is 1.69 bits per heavy atom. The summed E-state index contributed by atoms with van der Waals surface area (Å²) in [5.74, 6) is 1.28. The summed E-state index contributed by atoms with van der Waals surface area (Å²) in [5.41, 5.74) is 2.75. The lowest BCUT2D eigenvalue weighted by molar-refractivity contribution is 0.0719. The molecule has 2 amide bonds. The highest BCUT2D eigenvalue weighted by Crippen LogP contribution is 2.30. The Labute approximate surface area is 157 Å². The first-order valence-corrected chi connectivity index (χ1v) is 10.2. The average molecular weight is 369 g/mol. The highest BCUT2D eigenvalue weighted by molar-refractivity contribution is 7.99. The normalized spacial score (nSPS) is 17.5. The van der Waals surface area contributed by atoms with Crippen molar-refractivity contribution in [1.29, 1.82) is 0 Å². The third-order valence-electron chi connectivity index (χ3n) is 5.07. The van der Waals surface area contributed by atoms with Gasteiger partial charge in [-0.2, -0.15) is 0 Å². The summed E-state index contributed by atoms with van der Waals surface area (Å²) < 4.78 is 0. The van der Waals surface area contributed by atoms with E-state index in [0.29, 0.717) is 31.7 Å². The average Bonchev–Trinajstić information content (AvgIpc) is 3.11. The molecule has 0 bridgehead atoms. The van der Waals surface area contributed by atoms with Crippen molar-refractivity contribution in [3.05, 3.63) is 53.3 Å². The van der Waals surface area contributed by atoms with Crippen LogP contribution in [0.25, 0.3) is 0 Å². The van der Waals surface area contributed by atoms with Crippen molar-refractivity contribution in [3.8, 4) is 0 Å². The lowest BCUT2D eigenvalue weighted by Gasteiger charge is -2.23. The number of fused-ring (bicyclic) bond motifs is 1. The Morgan fingerprint density at radius 3 is 2.42 bits per heavy atom. The van der Waals surface area contributed by atoms with Crippen molar-refractivity contribution in [2.75, 3.05) is 31.9 Å². The highest BCUT2D eigenvalue weighted by atomic mass is 32.2. The molecule has 1 aromatic heterocycles. The molecule has 2 aliphatic rings. The number of H-pyrrole nitrogens is 1. The molecule has 4 rings (SSSR count). The van der Waals surface area contributed by atoms with Crippen LogP contribution < -0.4 is 0 Å². The minimum atomic E-state index is 0.0337. The molecule has 0 saturated carbocycles. The van der Waals surface area contributed by atoms with Gasteiger partial charge in [0.05, 0.1) is 5.56 Å². The number of hydrogen-bond donors (Lipinski definition) is 1. The van der Waals surface area contributed by atoms with Gasteiger partial charge in [0.1, 0.15) is 0 Å². The number of aromatic nitrogens is 1. The third-order valence-corrected chi connectivity index (χ3v) is 6.27. The van der Waals surface area contributed by atoms with Crippen LogP contribution in [0.5, 0.6) is 0 Å². The predicted molar refractivity (Wildman–Crippen MR) is 103 cm³/mol. The van der Waals surface area contributed by atoms with Crippen molar-refractivity contribution in [3.63, 3.8) is 0 Å². The van der Waals surface area contributed by atoms with Gasteiger partial charge in [0.2, 0.25) is 0 Å². The number of aryl methyl sites for hydroxylation is 1. The zero-order valence-corrected chi connectivity index (χ0v) is 15.6.